The van der Waals surface area contributed by atoms with E-state index in [1.54, 1.807) is 13.0 Å². The quantitative estimate of drug-likeness (QED) is 0.648. The number of amides is 1. The van der Waals surface area contributed by atoms with Gasteiger partial charge < -0.3 is 11.1 Å². The molecule has 130 valence electrons. The van der Waals surface area contributed by atoms with Crippen molar-refractivity contribution in [1.29, 1.82) is 0 Å². The van der Waals surface area contributed by atoms with Crippen LogP contribution in [0, 0.1) is 12.8 Å². The monoisotopic (exact) mass is 425 g/mol. The summed E-state index contributed by atoms with van der Waals surface area (Å²) in [6.07, 6.45) is 2.14. The van der Waals surface area contributed by atoms with Gasteiger partial charge in [-0.05, 0) is 59.3 Å². The third kappa shape index (κ3) is 5.42. The molecule has 4 N–H and O–H groups in total. The molecule has 6 nitrogen and oxygen atoms in total. The number of benzene rings is 1. The second kappa shape index (κ2) is 7.94. The van der Waals surface area contributed by atoms with Crippen LogP contribution in [0.3, 0.4) is 0 Å². The maximum Gasteiger partial charge on any atom is 0.240 e. The SMILES string of the molecule is CC(=O)Nc1cc(C)c(S(=O)(=O)NCC(N)C2CC2)cc1Br.Cl. The zero-order valence-electron chi connectivity index (χ0n) is 12.9. The minimum atomic E-state index is -3.63. The first-order valence-corrected chi connectivity index (χ1v) is 9.31. The van der Waals surface area contributed by atoms with Crippen LogP contribution in [0.25, 0.3) is 0 Å². The van der Waals surface area contributed by atoms with E-state index in [-0.39, 0.29) is 35.8 Å². The van der Waals surface area contributed by atoms with Crippen molar-refractivity contribution in [1.82, 2.24) is 4.72 Å². The number of sulfonamides is 1. The maximum absolute atomic E-state index is 12.4. The van der Waals surface area contributed by atoms with Crippen LogP contribution in [-0.4, -0.2) is 26.9 Å². The molecule has 1 fully saturated rings. The summed E-state index contributed by atoms with van der Waals surface area (Å²) in [4.78, 5) is 11.3. The summed E-state index contributed by atoms with van der Waals surface area (Å²) >= 11 is 3.28. The fourth-order valence-electron chi connectivity index (χ4n) is 2.21. The number of hydrogen-bond acceptors (Lipinski definition) is 4. The Morgan fingerprint density at radius 1 is 1.43 bits per heavy atom. The molecule has 1 aliphatic carbocycles. The summed E-state index contributed by atoms with van der Waals surface area (Å²) in [5.74, 6) is 0.210. The molecule has 2 rings (SSSR count). The molecule has 1 aromatic rings. The summed E-state index contributed by atoms with van der Waals surface area (Å²) in [5, 5.41) is 2.64. The summed E-state index contributed by atoms with van der Waals surface area (Å²) < 4.78 is 27.9. The highest BCUT2D eigenvalue weighted by molar-refractivity contribution is 9.10. The van der Waals surface area contributed by atoms with Crippen LogP contribution in [-0.2, 0) is 14.8 Å². The Morgan fingerprint density at radius 3 is 2.57 bits per heavy atom. The number of carbonyl (C=O) groups excluding carboxylic acids is 1. The van der Waals surface area contributed by atoms with Gasteiger partial charge in [0.2, 0.25) is 15.9 Å². The van der Waals surface area contributed by atoms with E-state index in [1.807, 2.05) is 0 Å². The summed E-state index contributed by atoms with van der Waals surface area (Å²) in [7, 11) is -3.63. The van der Waals surface area contributed by atoms with Crippen LogP contribution >= 0.6 is 28.3 Å². The fourth-order valence-corrected chi connectivity index (χ4v) is 4.13. The minimum Gasteiger partial charge on any atom is -0.326 e. The van der Waals surface area contributed by atoms with E-state index in [4.69, 9.17) is 5.73 Å². The molecule has 0 saturated heterocycles. The summed E-state index contributed by atoms with van der Waals surface area (Å²) in [5.41, 5.74) is 7.02. The number of rotatable bonds is 6. The van der Waals surface area contributed by atoms with Gasteiger partial charge >= 0.3 is 0 Å². The van der Waals surface area contributed by atoms with E-state index in [1.165, 1.54) is 13.0 Å². The van der Waals surface area contributed by atoms with Crippen LogP contribution in [0.15, 0.2) is 21.5 Å². The van der Waals surface area contributed by atoms with Crippen LogP contribution < -0.4 is 15.8 Å². The molecule has 0 aliphatic heterocycles. The number of nitrogens with two attached hydrogens (primary N) is 1. The van der Waals surface area contributed by atoms with Crippen molar-refractivity contribution in [3.63, 3.8) is 0 Å². The molecule has 1 aliphatic rings. The molecular formula is C14H21BrClN3O3S. The van der Waals surface area contributed by atoms with Crippen LogP contribution in [0.2, 0.25) is 0 Å². The van der Waals surface area contributed by atoms with E-state index in [9.17, 15) is 13.2 Å². The highest BCUT2D eigenvalue weighted by atomic mass is 79.9. The molecule has 1 aromatic carbocycles. The smallest absolute Gasteiger partial charge is 0.240 e. The van der Waals surface area contributed by atoms with E-state index in [0.717, 1.165) is 12.8 Å². The van der Waals surface area contributed by atoms with Gasteiger partial charge in [-0.15, -0.1) is 12.4 Å². The Balaban J connectivity index is 0.00000264. The number of anilines is 1. The molecule has 1 saturated carbocycles. The largest absolute Gasteiger partial charge is 0.326 e. The first kappa shape index (κ1) is 20.4. The molecule has 0 bridgehead atoms. The lowest BCUT2D eigenvalue weighted by Crippen LogP contribution is -2.38. The highest BCUT2D eigenvalue weighted by Gasteiger charge is 2.29. The van der Waals surface area contributed by atoms with Crippen molar-refractivity contribution in [3.8, 4) is 0 Å². The average molecular weight is 427 g/mol. The van der Waals surface area contributed by atoms with Gasteiger partial charge in [0.25, 0.3) is 0 Å². The molecule has 1 unspecified atom stereocenters. The van der Waals surface area contributed by atoms with Crippen molar-refractivity contribution < 1.29 is 13.2 Å². The van der Waals surface area contributed by atoms with E-state index in [0.29, 0.717) is 21.6 Å². The molecule has 1 amide bonds. The molecule has 23 heavy (non-hydrogen) atoms. The molecule has 1 atom stereocenters. The second-order valence-electron chi connectivity index (χ2n) is 5.63. The number of hydrogen-bond donors (Lipinski definition) is 3. The fraction of sp³-hybridized carbons (Fsp3) is 0.500. The van der Waals surface area contributed by atoms with Gasteiger partial charge in [0.15, 0.2) is 0 Å². The average Bonchev–Trinajstić information content (AvgIpc) is 3.23. The molecule has 0 spiro atoms. The Labute approximate surface area is 151 Å². The highest BCUT2D eigenvalue weighted by Crippen LogP contribution is 2.32. The van der Waals surface area contributed by atoms with Gasteiger partial charge in [0.05, 0.1) is 10.6 Å². The summed E-state index contributed by atoms with van der Waals surface area (Å²) in [6.45, 7) is 3.32. The number of nitrogens with one attached hydrogen (secondary N) is 2. The standard InChI is InChI=1S/C14H20BrN3O3S.ClH/c1-8-5-13(18-9(2)19)11(15)6-14(8)22(20,21)17-7-12(16)10-3-4-10;/h5-6,10,12,17H,3-4,7,16H2,1-2H3,(H,18,19);1H. The van der Waals surface area contributed by atoms with Crippen LogP contribution in [0.4, 0.5) is 5.69 Å². The van der Waals surface area contributed by atoms with Crippen LogP contribution in [0.5, 0.6) is 0 Å². The Morgan fingerprint density at radius 2 is 2.04 bits per heavy atom. The Hall–Kier alpha value is -0.670. The normalized spacial score (nSPS) is 15.7. The summed E-state index contributed by atoms with van der Waals surface area (Å²) in [6, 6.07) is 2.98. The predicted octanol–water partition coefficient (Wildman–Crippen LogP) is 2.15. The van der Waals surface area contributed by atoms with Crippen molar-refractivity contribution in [2.75, 3.05) is 11.9 Å². The van der Waals surface area contributed by atoms with Crippen molar-refractivity contribution in [2.45, 2.75) is 37.6 Å². The van der Waals surface area contributed by atoms with E-state index < -0.39 is 10.0 Å². The van der Waals surface area contributed by atoms with Gasteiger partial charge in [0, 0.05) is 24.0 Å². The molecule has 0 radical (unpaired) electrons. The zero-order chi connectivity index (χ0) is 16.5. The minimum absolute atomic E-state index is 0. The predicted molar refractivity (Wildman–Crippen MR) is 96.3 cm³/mol. The van der Waals surface area contributed by atoms with E-state index in [2.05, 4.69) is 26.0 Å². The maximum atomic E-state index is 12.4. The second-order valence-corrected chi connectivity index (χ2v) is 8.22. The molecular weight excluding hydrogens is 406 g/mol. The van der Waals surface area contributed by atoms with Gasteiger partial charge in [-0.2, -0.15) is 0 Å². The van der Waals surface area contributed by atoms with Gasteiger partial charge in [-0.1, -0.05) is 0 Å². The molecule has 0 heterocycles. The lowest BCUT2D eigenvalue weighted by atomic mass is 10.2. The topological polar surface area (TPSA) is 101 Å². The number of halogens is 2. The van der Waals surface area contributed by atoms with Gasteiger partial charge in [-0.3, -0.25) is 4.79 Å². The Kier molecular flexibility index (Phi) is 7.03. The van der Waals surface area contributed by atoms with Crippen LogP contribution in [0.1, 0.15) is 25.3 Å². The molecule has 9 heteroatoms. The number of aryl methyl sites for hydroxylation is 1. The third-order valence-corrected chi connectivity index (χ3v) is 5.82. The lowest BCUT2D eigenvalue weighted by molar-refractivity contribution is -0.114. The number of carbonyl (C=O) groups is 1. The Bertz CT molecular complexity index is 693. The zero-order valence-corrected chi connectivity index (χ0v) is 16.1. The first-order chi connectivity index (χ1) is 10.2. The third-order valence-electron chi connectivity index (χ3n) is 3.60. The molecule has 0 aromatic heterocycles. The van der Waals surface area contributed by atoms with Crippen molar-refractivity contribution in [3.05, 3.63) is 22.2 Å². The van der Waals surface area contributed by atoms with E-state index >= 15 is 0 Å². The van der Waals surface area contributed by atoms with Crippen molar-refractivity contribution in [2.24, 2.45) is 11.7 Å². The first-order valence-electron chi connectivity index (χ1n) is 7.03. The van der Waals surface area contributed by atoms with Gasteiger partial charge in [-0.25, -0.2) is 13.1 Å². The van der Waals surface area contributed by atoms with Gasteiger partial charge in [0.1, 0.15) is 0 Å². The van der Waals surface area contributed by atoms with Crippen molar-refractivity contribution >= 4 is 50.0 Å². The lowest BCUT2D eigenvalue weighted by Gasteiger charge is -2.15.